The molecule has 0 spiro atoms. The molecular formula is C32H36N4. The highest BCUT2D eigenvalue weighted by Gasteiger charge is 1.99. The molecule has 0 N–H and O–H groups in total. The lowest BCUT2D eigenvalue weighted by molar-refractivity contribution is 0.677. The third-order valence-electron chi connectivity index (χ3n) is 6.46. The van der Waals surface area contributed by atoms with Crippen molar-refractivity contribution in [1.82, 2.24) is 9.97 Å². The average molecular weight is 477 g/mol. The molecule has 2 aromatic carbocycles. The third-order valence-corrected chi connectivity index (χ3v) is 6.46. The highest BCUT2D eigenvalue weighted by molar-refractivity contribution is 5.42. The minimum absolute atomic E-state index is 0.896. The molecule has 2 aromatic heterocycles. The molecule has 0 amide bonds. The molecule has 4 aromatic rings. The van der Waals surface area contributed by atoms with Gasteiger partial charge in [0.15, 0.2) is 0 Å². The molecule has 2 heterocycles. The van der Waals surface area contributed by atoms with Crippen LogP contribution < -0.4 is 0 Å². The third kappa shape index (κ3) is 9.18. The normalized spacial score (nSPS) is 11.2. The molecule has 184 valence electrons. The fraction of sp³-hybridized carbons (Fsp3) is 0.312. The quantitative estimate of drug-likeness (QED) is 0.135. The number of hydrogen-bond acceptors (Lipinski definition) is 4. The van der Waals surface area contributed by atoms with Gasteiger partial charge >= 0.3 is 0 Å². The number of benzene rings is 2. The number of aryl methyl sites for hydroxylation is 4. The van der Waals surface area contributed by atoms with Crippen LogP contribution in [0.5, 0.6) is 0 Å². The average Bonchev–Trinajstić information content (AvgIpc) is 2.94. The van der Waals surface area contributed by atoms with Gasteiger partial charge in [-0.2, -0.15) is 10.2 Å². The first-order valence-electron chi connectivity index (χ1n) is 13.2. The second-order valence-electron chi connectivity index (χ2n) is 9.38. The zero-order valence-corrected chi connectivity index (χ0v) is 21.1. The molecule has 0 bridgehead atoms. The Bertz CT molecular complexity index is 1060. The van der Waals surface area contributed by atoms with Crippen molar-refractivity contribution in [2.75, 3.05) is 0 Å². The van der Waals surface area contributed by atoms with Gasteiger partial charge in [-0.05, 0) is 110 Å². The van der Waals surface area contributed by atoms with Crippen molar-refractivity contribution in [2.24, 2.45) is 10.2 Å². The number of rotatable bonds is 14. The highest BCUT2D eigenvalue weighted by Crippen LogP contribution is 2.21. The van der Waals surface area contributed by atoms with Crippen LogP contribution in [0.15, 0.2) is 108 Å². The van der Waals surface area contributed by atoms with E-state index in [1.807, 2.05) is 36.9 Å². The fourth-order valence-electron chi connectivity index (χ4n) is 4.34. The van der Waals surface area contributed by atoms with E-state index < -0.39 is 0 Å². The van der Waals surface area contributed by atoms with Crippen LogP contribution in [0.3, 0.4) is 0 Å². The van der Waals surface area contributed by atoms with Crippen LogP contribution in [0, 0.1) is 0 Å². The summed E-state index contributed by atoms with van der Waals surface area (Å²) in [7, 11) is 0. The maximum Gasteiger partial charge on any atom is 0.0857 e. The molecule has 4 rings (SSSR count). The van der Waals surface area contributed by atoms with E-state index in [4.69, 9.17) is 0 Å². The maximum absolute atomic E-state index is 4.42. The van der Waals surface area contributed by atoms with Crippen molar-refractivity contribution in [3.8, 4) is 0 Å². The molecule has 0 aliphatic carbocycles. The van der Waals surface area contributed by atoms with E-state index in [1.54, 1.807) is 0 Å². The molecule has 0 radical (unpaired) electrons. The van der Waals surface area contributed by atoms with E-state index in [2.05, 4.69) is 80.9 Å². The Hall–Kier alpha value is -3.66. The van der Waals surface area contributed by atoms with Gasteiger partial charge in [0.1, 0.15) is 0 Å². The van der Waals surface area contributed by atoms with Crippen molar-refractivity contribution in [3.63, 3.8) is 0 Å². The van der Waals surface area contributed by atoms with Crippen molar-refractivity contribution < 1.29 is 0 Å². The summed E-state index contributed by atoms with van der Waals surface area (Å²) in [6, 6.07) is 25.3. The van der Waals surface area contributed by atoms with E-state index in [-0.39, 0.29) is 0 Å². The van der Waals surface area contributed by atoms with Crippen LogP contribution in [0.2, 0.25) is 0 Å². The Morgan fingerprint density at radius 1 is 0.417 bits per heavy atom. The van der Waals surface area contributed by atoms with E-state index >= 15 is 0 Å². The maximum atomic E-state index is 4.42. The summed E-state index contributed by atoms with van der Waals surface area (Å²) >= 11 is 0. The van der Waals surface area contributed by atoms with Gasteiger partial charge in [0.05, 0.1) is 11.4 Å². The number of hydrogen-bond donors (Lipinski definition) is 0. The van der Waals surface area contributed by atoms with Crippen molar-refractivity contribution in [3.05, 3.63) is 120 Å². The smallest absolute Gasteiger partial charge is 0.0857 e. The largest absolute Gasteiger partial charge is 0.264 e. The van der Waals surface area contributed by atoms with Gasteiger partial charge in [-0.15, -0.1) is 0 Å². The minimum atomic E-state index is 0.896. The number of azo groups is 1. The summed E-state index contributed by atoms with van der Waals surface area (Å²) < 4.78 is 0. The van der Waals surface area contributed by atoms with Crippen molar-refractivity contribution in [1.29, 1.82) is 0 Å². The molecule has 0 fully saturated rings. The summed E-state index contributed by atoms with van der Waals surface area (Å²) in [6.07, 6.45) is 19.3. The molecule has 0 aliphatic heterocycles. The van der Waals surface area contributed by atoms with Crippen molar-refractivity contribution >= 4 is 11.4 Å². The molecule has 0 atom stereocenters. The van der Waals surface area contributed by atoms with Crippen LogP contribution in [0.1, 0.15) is 60.8 Å². The monoisotopic (exact) mass is 476 g/mol. The summed E-state index contributed by atoms with van der Waals surface area (Å²) in [4.78, 5) is 8.37. The van der Waals surface area contributed by atoms with Gasteiger partial charge < -0.3 is 0 Å². The Morgan fingerprint density at radius 3 is 1.17 bits per heavy atom. The molecular weight excluding hydrogens is 440 g/mol. The summed E-state index contributed by atoms with van der Waals surface area (Å²) in [5.41, 5.74) is 7.17. The van der Waals surface area contributed by atoms with E-state index in [0.29, 0.717) is 0 Å². The minimum Gasteiger partial charge on any atom is -0.264 e. The van der Waals surface area contributed by atoms with E-state index in [1.165, 1.54) is 60.8 Å². The first-order valence-corrected chi connectivity index (χ1v) is 13.2. The predicted molar refractivity (Wildman–Crippen MR) is 148 cm³/mol. The van der Waals surface area contributed by atoms with Crippen LogP contribution in [0.4, 0.5) is 11.4 Å². The van der Waals surface area contributed by atoms with Gasteiger partial charge in [-0.3, -0.25) is 9.97 Å². The first kappa shape index (κ1) is 25.4. The zero-order valence-electron chi connectivity index (χ0n) is 21.1. The molecule has 4 heteroatoms. The molecule has 4 nitrogen and oxygen atoms in total. The van der Waals surface area contributed by atoms with Crippen LogP contribution in [-0.2, 0) is 25.7 Å². The first-order chi connectivity index (χ1) is 17.8. The van der Waals surface area contributed by atoms with Crippen LogP contribution >= 0.6 is 0 Å². The number of unbranched alkanes of at least 4 members (excludes halogenated alkanes) is 4. The standard InChI is InChI=1S/C32H36N4/c1(5-11-29-13-7-23-33-25-29)3-9-27-15-19-31(20-16-27)35-36-32-21-17-28(18-22-32)10-4-2-6-12-30-14-8-24-34-26-30/h7-8,13-26H,1-6,9-12H2. The summed E-state index contributed by atoms with van der Waals surface area (Å²) in [5.74, 6) is 0. The Kier molecular flexibility index (Phi) is 10.4. The van der Waals surface area contributed by atoms with Gasteiger partial charge in [-0.1, -0.05) is 49.2 Å². The molecule has 0 aliphatic rings. The zero-order chi connectivity index (χ0) is 24.7. The molecule has 0 saturated carbocycles. The summed E-state index contributed by atoms with van der Waals surface area (Å²) in [5, 5.41) is 8.84. The lowest BCUT2D eigenvalue weighted by Gasteiger charge is -2.04. The Morgan fingerprint density at radius 2 is 0.806 bits per heavy atom. The van der Waals surface area contributed by atoms with Gasteiger partial charge in [0, 0.05) is 24.8 Å². The lowest BCUT2D eigenvalue weighted by atomic mass is 10.0. The van der Waals surface area contributed by atoms with Gasteiger partial charge in [0.25, 0.3) is 0 Å². The Labute approximate surface area is 215 Å². The van der Waals surface area contributed by atoms with E-state index in [0.717, 1.165) is 37.1 Å². The van der Waals surface area contributed by atoms with Crippen LogP contribution in [-0.4, -0.2) is 9.97 Å². The van der Waals surface area contributed by atoms with E-state index in [9.17, 15) is 0 Å². The second-order valence-corrected chi connectivity index (χ2v) is 9.38. The fourth-order valence-corrected chi connectivity index (χ4v) is 4.34. The van der Waals surface area contributed by atoms with Gasteiger partial charge in [-0.25, -0.2) is 0 Å². The molecule has 0 unspecified atom stereocenters. The highest BCUT2D eigenvalue weighted by atomic mass is 15.1. The van der Waals surface area contributed by atoms with Gasteiger partial charge in [0.2, 0.25) is 0 Å². The second kappa shape index (κ2) is 14.7. The molecule has 0 saturated heterocycles. The Balaban J connectivity index is 1.12. The van der Waals surface area contributed by atoms with Crippen molar-refractivity contribution in [2.45, 2.75) is 64.2 Å². The predicted octanol–water partition coefficient (Wildman–Crippen LogP) is 8.80. The summed E-state index contributed by atoms with van der Waals surface area (Å²) in [6.45, 7) is 0. The SMILES string of the molecule is c1cncc(CCCCCc2ccc(N=Nc3ccc(CCCCCc4cccnc4)cc3)cc2)c1. The number of nitrogens with zero attached hydrogens (tertiary/aromatic N) is 4. The topological polar surface area (TPSA) is 50.5 Å². The number of pyridine rings is 2. The number of aromatic nitrogens is 2. The van der Waals surface area contributed by atoms with Crippen LogP contribution in [0.25, 0.3) is 0 Å². The lowest BCUT2D eigenvalue weighted by Crippen LogP contribution is -1.89. The molecule has 36 heavy (non-hydrogen) atoms.